The van der Waals surface area contributed by atoms with Gasteiger partial charge in [0.15, 0.2) is 5.78 Å². The van der Waals surface area contributed by atoms with E-state index in [1.165, 1.54) is 6.92 Å². The molecular weight excluding hydrogens is 354 g/mol. The van der Waals surface area contributed by atoms with Crippen LogP contribution < -0.4 is 4.72 Å². The summed E-state index contributed by atoms with van der Waals surface area (Å²) in [5, 5.41) is 0. The summed E-state index contributed by atoms with van der Waals surface area (Å²) in [5.74, 6) is -0.0800. The fraction of sp³-hybridized carbons (Fsp3) is 0.133. The molecule has 0 spiro atoms. The third-order valence-electron chi connectivity index (χ3n) is 2.95. The van der Waals surface area contributed by atoms with E-state index >= 15 is 0 Å². The summed E-state index contributed by atoms with van der Waals surface area (Å²) in [4.78, 5) is 11.5. The zero-order valence-electron chi connectivity index (χ0n) is 11.6. The minimum Gasteiger partial charge on any atom is -0.295 e. The van der Waals surface area contributed by atoms with Gasteiger partial charge in [-0.2, -0.15) is 0 Å². The third-order valence-corrected chi connectivity index (χ3v) is 4.99. The maximum Gasteiger partial charge on any atom is 0.261 e. The highest BCUT2D eigenvalue weighted by Crippen LogP contribution is 2.26. The first-order chi connectivity index (χ1) is 9.79. The van der Waals surface area contributed by atoms with Crippen LogP contribution in [0.2, 0.25) is 0 Å². The fourth-order valence-corrected chi connectivity index (χ4v) is 3.43. The van der Waals surface area contributed by atoms with Crippen LogP contribution in [0.5, 0.6) is 0 Å². The number of aryl methyl sites for hydroxylation is 1. The number of carbonyl (C=O) groups excluding carboxylic acids is 1. The minimum absolute atomic E-state index is 0.0800. The summed E-state index contributed by atoms with van der Waals surface area (Å²) in [6, 6.07) is 11.3. The van der Waals surface area contributed by atoms with E-state index in [1.807, 2.05) is 6.92 Å². The first-order valence-electron chi connectivity index (χ1n) is 6.19. The molecule has 4 nitrogen and oxygen atoms in total. The van der Waals surface area contributed by atoms with Crippen molar-refractivity contribution in [3.8, 4) is 0 Å². The average molecular weight is 368 g/mol. The number of halogens is 1. The van der Waals surface area contributed by atoms with E-state index in [9.17, 15) is 13.2 Å². The second-order valence-corrected chi connectivity index (χ2v) is 7.21. The van der Waals surface area contributed by atoms with Gasteiger partial charge in [-0.25, -0.2) is 8.42 Å². The molecule has 0 bridgehead atoms. The molecule has 2 aromatic rings. The van der Waals surface area contributed by atoms with E-state index in [2.05, 4.69) is 20.7 Å². The highest BCUT2D eigenvalue weighted by Gasteiger charge is 2.15. The molecule has 0 saturated heterocycles. The van der Waals surface area contributed by atoms with Crippen LogP contribution in [0.15, 0.2) is 51.8 Å². The van der Waals surface area contributed by atoms with Gasteiger partial charge < -0.3 is 0 Å². The maximum absolute atomic E-state index is 12.3. The first-order valence-corrected chi connectivity index (χ1v) is 8.47. The molecule has 0 aliphatic rings. The molecule has 2 rings (SSSR count). The smallest absolute Gasteiger partial charge is 0.261 e. The fourth-order valence-electron chi connectivity index (χ4n) is 1.74. The largest absolute Gasteiger partial charge is 0.295 e. The number of sulfonamides is 1. The van der Waals surface area contributed by atoms with Crippen molar-refractivity contribution in [1.82, 2.24) is 0 Å². The summed E-state index contributed by atoms with van der Waals surface area (Å²) >= 11 is 3.27. The standard InChI is InChI=1S/C15H14BrNO3S/c1-10-3-6-13(7-4-10)21(19,20)17-15-8-5-12(11(2)18)9-14(15)16/h3-9,17H,1-2H3. The number of ketones is 1. The lowest BCUT2D eigenvalue weighted by Crippen LogP contribution is -2.13. The van der Waals surface area contributed by atoms with E-state index in [4.69, 9.17) is 0 Å². The second kappa shape index (κ2) is 5.99. The Kier molecular flexibility index (Phi) is 4.49. The molecule has 0 aliphatic carbocycles. The zero-order chi connectivity index (χ0) is 15.6. The van der Waals surface area contributed by atoms with Crippen molar-refractivity contribution in [1.29, 1.82) is 0 Å². The van der Waals surface area contributed by atoms with E-state index in [1.54, 1.807) is 42.5 Å². The number of anilines is 1. The van der Waals surface area contributed by atoms with Crippen molar-refractivity contribution in [3.05, 3.63) is 58.1 Å². The Morgan fingerprint density at radius 1 is 1.10 bits per heavy atom. The van der Waals surface area contributed by atoms with Gasteiger partial charge in [0, 0.05) is 10.0 Å². The van der Waals surface area contributed by atoms with Crippen molar-refractivity contribution in [2.45, 2.75) is 18.7 Å². The SMILES string of the molecule is CC(=O)c1ccc(NS(=O)(=O)c2ccc(C)cc2)c(Br)c1. The Hall–Kier alpha value is -1.66. The van der Waals surface area contributed by atoms with Gasteiger partial charge in [0.05, 0.1) is 10.6 Å². The van der Waals surface area contributed by atoms with Crippen LogP contribution in [-0.4, -0.2) is 14.2 Å². The molecule has 0 heterocycles. The predicted molar refractivity (Wildman–Crippen MR) is 86.1 cm³/mol. The van der Waals surface area contributed by atoms with Gasteiger partial charge in [-0.15, -0.1) is 0 Å². The van der Waals surface area contributed by atoms with E-state index in [-0.39, 0.29) is 10.7 Å². The first kappa shape index (κ1) is 15.7. The lowest BCUT2D eigenvalue weighted by molar-refractivity contribution is 0.101. The number of benzene rings is 2. The normalized spacial score (nSPS) is 11.2. The Balaban J connectivity index is 2.32. The molecule has 110 valence electrons. The quantitative estimate of drug-likeness (QED) is 0.836. The lowest BCUT2D eigenvalue weighted by Gasteiger charge is -2.10. The second-order valence-electron chi connectivity index (χ2n) is 4.67. The van der Waals surface area contributed by atoms with E-state index in [0.29, 0.717) is 15.7 Å². The zero-order valence-corrected chi connectivity index (χ0v) is 14.0. The number of hydrogen-bond donors (Lipinski definition) is 1. The van der Waals surface area contributed by atoms with Gasteiger partial charge in [-0.1, -0.05) is 17.7 Å². The Morgan fingerprint density at radius 2 is 1.71 bits per heavy atom. The summed E-state index contributed by atoms with van der Waals surface area (Å²) in [6.07, 6.45) is 0. The molecule has 6 heteroatoms. The molecule has 2 aromatic carbocycles. The van der Waals surface area contributed by atoms with Crippen LogP contribution in [0.3, 0.4) is 0 Å². The van der Waals surface area contributed by atoms with Gasteiger partial charge in [0.1, 0.15) is 0 Å². The van der Waals surface area contributed by atoms with Crippen molar-refractivity contribution < 1.29 is 13.2 Å². The van der Waals surface area contributed by atoms with Gasteiger partial charge in [0.25, 0.3) is 10.0 Å². The van der Waals surface area contributed by atoms with Crippen molar-refractivity contribution in [2.75, 3.05) is 4.72 Å². The molecule has 0 aliphatic heterocycles. The van der Waals surface area contributed by atoms with Crippen LogP contribution in [0.25, 0.3) is 0 Å². The summed E-state index contributed by atoms with van der Waals surface area (Å²) in [5.41, 5.74) is 1.89. The van der Waals surface area contributed by atoms with Gasteiger partial charge in [0.2, 0.25) is 0 Å². The number of hydrogen-bond acceptors (Lipinski definition) is 3. The number of rotatable bonds is 4. The summed E-state index contributed by atoms with van der Waals surface area (Å²) in [7, 11) is -3.65. The Labute approximate surface area is 132 Å². The molecule has 1 N–H and O–H groups in total. The molecule has 21 heavy (non-hydrogen) atoms. The minimum atomic E-state index is -3.65. The lowest BCUT2D eigenvalue weighted by atomic mass is 10.1. The molecular formula is C15H14BrNO3S. The maximum atomic E-state index is 12.3. The van der Waals surface area contributed by atoms with Gasteiger partial charge in [-0.3, -0.25) is 9.52 Å². The van der Waals surface area contributed by atoms with Crippen molar-refractivity contribution in [3.63, 3.8) is 0 Å². The Morgan fingerprint density at radius 3 is 2.24 bits per heavy atom. The average Bonchev–Trinajstić information content (AvgIpc) is 2.41. The molecule has 0 unspecified atom stereocenters. The molecule has 0 fully saturated rings. The van der Waals surface area contributed by atoms with Crippen molar-refractivity contribution >= 4 is 37.4 Å². The molecule has 0 amide bonds. The number of nitrogens with one attached hydrogen (secondary N) is 1. The molecule has 0 atom stereocenters. The highest BCUT2D eigenvalue weighted by atomic mass is 79.9. The van der Waals surface area contributed by atoms with Crippen LogP contribution >= 0.6 is 15.9 Å². The topological polar surface area (TPSA) is 63.2 Å². The summed E-state index contributed by atoms with van der Waals surface area (Å²) < 4.78 is 27.6. The molecule has 0 saturated carbocycles. The van der Waals surface area contributed by atoms with E-state index < -0.39 is 10.0 Å². The van der Waals surface area contributed by atoms with Crippen LogP contribution in [-0.2, 0) is 10.0 Å². The van der Waals surface area contributed by atoms with Gasteiger partial charge in [-0.05, 0) is 60.1 Å². The van der Waals surface area contributed by atoms with Crippen LogP contribution in [0.4, 0.5) is 5.69 Å². The number of carbonyl (C=O) groups is 1. The summed E-state index contributed by atoms with van der Waals surface area (Å²) in [6.45, 7) is 3.35. The highest BCUT2D eigenvalue weighted by molar-refractivity contribution is 9.10. The molecule has 0 aromatic heterocycles. The monoisotopic (exact) mass is 367 g/mol. The van der Waals surface area contributed by atoms with Crippen molar-refractivity contribution in [2.24, 2.45) is 0 Å². The van der Waals surface area contributed by atoms with E-state index in [0.717, 1.165) is 5.56 Å². The van der Waals surface area contributed by atoms with Crippen LogP contribution in [0.1, 0.15) is 22.8 Å². The number of Topliss-reactive ketones (excluding diaryl/α,β-unsaturated/α-hetero) is 1. The van der Waals surface area contributed by atoms with Crippen LogP contribution in [0, 0.1) is 6.92 Å². The molecule has 0 radical (unpaired) electrons. The predicted octanol–water partition coefficient (Wildman–Crippen LogP) is 3.76. The van der Waals surface area contributed by atoms with Gasteiger partial charge >= 0.3 is 0 Å². The third kappa shape index (κ3) is 3.71. The Bertz CT molecular complexity index is 783.